The molecule has 4 unspecified atom stereocenters. The van der Waals surface area contributed by atoms with Crippen LogP contribution in [0.2, 0.25) is 0 Å². The summed E-state index contributed by atoms with van der Waals surface area (Å²) in [4.78, 5) is 21.7. The van der Waals surface area contributed by atoms with Gasteiger partial charge in [0.2, 0.25) is 0 Å². The van der Waals surface area contributed by atoms with Crippen LogP contribution in [0.3, 0.4) is 0 Å². The highest BCUT2D eigenvalue weighted by Gasteiger charge is 2.74. The molecule has 16 heavy (non-hydrogen) atoms. The summed E-state index contributed by atoms with van der Waals surface area (Å²) in [6.45, 7) is 1.40. The predicted molar refractivity (Wildman–Crippen MR) is 51.8 cm³/mol. The summed E-state index contributed by atoms with van der Waals surface area (Å²) < 4.78 is 10.4. The first-order chi connectivity index (χ1) is 7.45. The van der Waals surface area contributed by atoms with E-state index in [1.54, 1.807) is 0 Å². The first-order valence-electron chi connectivity index (χ1n) is 5.56. The van der Waals surface area contributed by atoms with E-state index in [0.717, 1.165) is 19.3 Å². The lowest BCUT2D eigenvalue weighted by molar-refractivity contribution is -0.200. The molecule has 3 aliphatic rings. The van der Waals surface area contributed by atoms with Crippen LogP contribution in [0.15, 0.2) is 0 Å². The standard InChI is InChI=1S/C11H14O5/c1-6(12)15-11-3-7-2-10(5-11,4-8(7)11)16-9(13)14/h7-8H,2-5H2,1H3,(H,13,14). The highest BCUT2D eigenvalue weighted by molar-refractivity contribution is 5.67. The molecule has 0 aliphatic heterocycles. The van der Waals surface area contributed by atoms with Crippen molar-refractivity contribution in [3.05, 3.63) is 0 Å². The first kappa shape index (κ1) is 9.93. The molecule has 0 aromatic rings. The summed E-state index contributed by atoms with van der Waals surface area (Å²) in [7, 11) is 0. The maximum atomic E-state index is 11.1. The Morgan fingerprint density at radius 1 is 1.25 bits per heavy atom. The Labute approximate surface area is 92.7 Å². The highest BCUT2D eigenvalue weighted by atomic mass is 16.7. The van der Waals surface area contributed by atoms with E-state index in [1.165, 1.54) is 6.92 Å². The van der Waals surface area contributed by atoms with Crippen molar-refractivity contribution in [1.82, 2.24) is 0 Å². The number of ether oxygens (including phenoxy) is 2. The number of hydrogen-bond donors (Lipinski definition) is 1. The minimum atomic E-state index is -1.22. The van der Waals surface area contributed by atoms with Gasteiger partial charge < -0.3 is 14.6 Å². The van der Waals surface area contributed by atoms with Crippen LogP contribution in [-0.4, -0.2) is 28.4 Å². The van der Waals surface area contributed by atoms with Crippen molar-refractivity contribution in [3.63, 3.8) is 0 Å². The maximum Gasteiger partial charge on any atom is 0.506 e. The van der Waals surface area contributed by atoms with Gasteiger partial charge in [0, 0.05) is 19.3 Å². The number of hydrogen-bond acceptors (Lipinski definition) is 4. The number of carboxylic acid groups (broad SMARTS) is 1. The van der Waals surface area contributed by atoms with Gasteiger partial charge in [-0.3, -0.25) is 4.79 Å². The molecular weight excluding hydrogens is 212 g/mol. The minimum Gasteiger partial charge on any atom is -0.459 e. The first-order valence-corrected chi connectivity index (χ1v) is 5.56. The largest absolute Gasteiger partial charge is 0.506 e. The van der Waals surface area contributed by atoms with Crippen molar-refractivity contribution < 1.29 is 24.2 Å². The lowest BCUT2D eigenvalue weighted by Crippen LogP contribution is -2.57. The zero-order chi connectivity index (χ0) is 11.6. The van der Waals surface area contributed by atoms with Gasteiger partial charge in [-0.2, -0.15) is 0 Å². The van der Waals surface area contributed by atoms with Crippen molar-refractivity contribution in [2.24, 2.45) is 11.8 Å². The molecule has 0 aromatic heterocycles. The van der Waals surface area contributed by atoms with Crippen molar-refractivity contribution >= 4 is 12.1 Å². The normalized spacial score (nSPS) is 47.3. The Kier molecular flexibility index (Phi) is 1.68. The van der Waals surface area contributed by atoms with E-state index in [-0.39, 0.29) is 5.97 Å². The van der Waals surface area contributed by atoms with Crippen LogP contribution in [0, 0.1) is 11.8 Å². The molecule has 88 valence electrons. The van der Waals surface area contributed by atoms with Crippen LogP contribution >= 0.6 is 0 Å². The van der Waals surface area contributed by atoms with Gasteiger partial charge in [0.05, 0.1) is 0 Å². The van der Waals surface area contributed by atoms with Gasteiger partial charge in [-0.05, 0) is 25.2 Å². The lowest BCUT2D eigenvalue weighted by Gasteiger charge is -2.53. The van der Waals surface area contributed by atoms with Crippen molar-refractivity contribution in [2.75, 3.05) is 0 Å². The fourth-order valence-corrected chi connectivity index (χ4v) is 4.17. The molecular formula is C11H14O5. The van der Waals surface area contributed by atoms with E-state index in [9.17, 15) is 9.59 Å². The quantitative estimate of drug-likeness (QED) is 0.723. The lowest BCUT2D eigenvalue weighted by atomic mass is 9.59. The fraction of sp³-hybridized carbons (Fsp3) is 0.818. The van der Waals surface area contributed by atoms with Crippen LogP contribution in [0.25, 0.3) is 0 Å². The monoisotopic (exact) mass is 226 g/mol. The second-order valence-corrected chi connectivity index (χ2v) is 5.37. The molecule has 5 nitrogen and oxygen atoms in total. The van der Waals surface area contributed by atoms with E-state index in [1.807, 2.05) is 0 Å². The summed E-state index contributed by atoms with van der Waals surface area (Å²) >= 11 is 0. The van der Waals surface area contributed by atoms with E-state index in [2.05, 4.69) is 0 Å². The molecule has 5 heteroatoms. The number of fused-ring (bicyclic) bond motifs is 1. The molecule has 3 aliphatic carbocycles. The minimum absolute atomic E-state index is 0.281. The molecule has 0 amide bonds. The van der Waals surface area contributed by atoms with E-state index < -0.39 is 17.4 Å². The Bertz CT molecular complexity index is 363. The summed E-state index contributed by atoms with van der Waals surface area (Å²) in [5.41, 5.74) is -0.987. The Morgan fingerprint density at radius 3 is 2.62 bits per heavy atom. The smallest absolute Gasteiger partial charge is 0.459 e. The van der Waals surface area contributed by atoms with Crippen LogP contribution in [0.5, 0.6) is 0 Å². The molecule has 0 aromatic carbocycles. The molecule has 0 saturated heterocycles. The van der Waals surface area contributed by atoms with Crippen LogP contribution < -0.4 is 0 Å². The maximum absolute atomic E-state index is 11.1. The molecule has 3 saturated carbocycles. The third-order valence-corrected chi connectivity index (χ3v) is 4.35. The summed E-state index contributed by atoms with van der Waals surface area (Å²) in [5.74, 6) is 0.514. The van der Waals surface area contributed by atoms with Crippen molar-refractivity contribution in [2.45, 2.75) is 43.8 Å². The zero-order valence-corrected chi connectivity index (χ0v) is 9.06. The van der Waals surface area contributed by atoms with Crippen LogP contribution in [-0.2, 0) is 14.3 Å². The predicted octanol–water partition coefficient (Wildman–Crippen LogP) is 1.56. The zero-order valence-electron chi connectivity index (χ0n) is 9.06. The van der Waals surface area contributed by atoms with Gasteiger partial charge in [0.1, 0.15) is 11.2 Å². The van der Waals surface area contributed by atoms with Gasteiger partial charge in [-0.1, -0.05) is 0 Å². The SMILES string of the molecule is CC(=O)OC12CC3CC(OC(=O)O)(CC31)C2. The highest BCUT2D eigenvalue weighted by Crippen LogP contribution is 2.70. The molecule has 2 bridgehead atoms. The summed E-state index contributed by atoms with van der Waals surface area (Å²) in [5, 5.41) is 8.73. The van der Waals surface area contributed by atoms with E-state index in [0.29, 0.717) is 18.3 Å². The van der Waals surface area contributed by atoms with Gasteiger partial charge in [-0.25, -0.2) is 4.79 Å². The topological polar surface area (TPSA) is 72.8 Å². The fourth-order valence-electron chi connectivity index (χ4n) is 4.17. The van der Waals surface area contributed by atoms with Gasteiger partial charge in [0.15, 0.2) is 0 Å². The molecule has 0 spiro atoms. The molecule has 3 rings (SSSR count). The number of rotatable bonds is 2. The Balaban J connectivity index is 1.80. The van der Waals surface area contributed by atoms with Gasteiger partial charge >= 0.3 is 12.1 Å². The Hall–Kier alpha value is -1.26. The second-order valence-electron chi connectivity index (χ2n) is 5.37. The molecule has 0 radical (unpaired) electrons. The molecule has 4 atom stereocenters. The molecule has 0 heterocycles. The van der Waals surface area contributed by atoms with E-state index >= 15 is 0 Å². The van der Waals surface area contributed by atoms with Crippen LogP contribution in [0.1, 0.15) is 32.6 Å². The summed E-state index contributed by atoms with van der Waals surface area (Å²) in [6.07, 6.45) is 1.72. The average Bonchev–Trinajstić information content (AvgIpc) is 2.49. The number of carbonyl (C=O) groups is 2. The Morgan fingerprint density at radius 2 is 2.00 bits per heavy atom. The van der Waals surface area contributed by atoms with Crippen molar-refractivity contribution in [1.29, 1.82) is 0 Å². The van der Waals surface area contributed by atoms with E-state index in [4.69, 9.17) is 14.6 Å². The number of esters is 1. The van der Waals surface area contributed by atoms with Crippen LogP contribution in [0.4, 0.5) is 4.79 Å². The van der Waals surface area contributed by atoms with Gasteiger partial charge in [-0.15, -0.1) is 0 Å². The van der Waals surface area contributed by atoms with Crippen molar-refractivity contribution in [3.8, 4) is 0 Å². The van der Waals surface area contributed by atoms with Gasteiger partial charge in [0.25, 0.3) is 0 Å². The average molecular weight is 226 g/mol. The third-order valence-electron chi connectivity index (χ3n) is 4.35. The molecule has 3 fully saturated rings. The second kappa shape index (κ2) is 2.70. The molecule has 1 N–H and O–H groups in total. The number of carbonyl (C=O) groups excluding carboxylic acids is 1. The third kappa shape index (κ3) is 1.11. The summed E-state index contributed by atoms with van der Waals surface area (Å²) in [6, 6.07) is 0.